The van der Waals surface area contributed by atoms with Gasteiger partial charge in [0.1, 0.15) is 17.8 Å². The monoisotopic (exact) mass is 279 g/mol. The smallest absolute Gasteiger partial charge is 0.246 e. The third-order valence-corrected chi connectivity index (χ3v) is 3.74. The zero-order chi connectivity index (χ0) is 15.0. The predicted octanol–water partition coefficient (Wildman–Crippen LogP) is 1.16. The minimum Gasteiger partial charge on any atom is -0.444 e. The van der Waals surface area contributed by atoms with E-state index in [1.54, 1.807) is 6.92 Å². The lowest BCUT2D eigenvalue weighted by Crippen LogP contribution is -2.63. The number of piperazine rings is 1. The number of hydrogen-bond donors (Lipinski definition) is 1. The molecular formula is C14H21N3O3. The Kier molecular flexibility index (Phi) is 3.83. The van der Waals surface area contributed by atoms with Crippen LogP contribution >= 0.6 is 0 Å². The fraction of sp³-hybridized carbons (Fsp3) is 0.643. The van der Waals surface area contributed by atoms with Gasteiger partial charge in [0.05, 0.1) is 12.2 Å². The number of nitrogens with one attached hydrogen (secondary N) is 1. The molecule has 0 aliphatic carbocycles. The molecule has 1 N–H and O–H groups in total. The molecule has 0 radical (unpaired) electrons. The van der Waals surface area contributed by atoms with Crippen LogP contribution in [0.2, 0.25) is 0 Å². The number of rotatable bonds is 3. The second-order valence-corrected chi connectivity index (χ2v) is 5.62. The highest BCUT2D eigenvalue weighted by molar-refractivity contribution is 5.96. The summed E-state index contributed by atoms with van der Waals surface area (Å²) < 4.78 is 5.51. The van der Waals surface area contributed by atoms with E-state index in [1.165, 1.54) is 4.90 Å². The molecule has 0 bridgehead atoms. The van der Waals surface area contributed by atoms with E-state index in [0.29, 0.717) is 5.89 Å². The molecule has 1 saturated heterocycles. The maximum Gasteiger partial charge on any atom is 0.246 e. The van der Waals surface area contributed by atoms with Crippen molar-refractivity contribution in [1.82, 2.24) is 15.2 Å². The Morgan fingerprint density at radius 2 is 2.00 bits per heavy atom. The van der Waals surface area contributed by atoms with Crippen LogP contribution in [-0.4, -0.2) is 33.8 Å². The van der Waals surface area contributed by atoms with Crippen LogP contribution in [0.3, 0.4) is 0 Å². The summed E-state index contributed by atoms with van der Waals surface area (Å²) in [7, 11) is 0. The minimum absolute atomic E-state index is 0.0504. The Morgan fingerprint density at radius 3 is 2.50 bits per heavy atom. The average molecular weight is 279 g/mol. The SMILES string of the molecule is Cc1nc(CN2C(=O)C(C(C)C)NC(=O)C2C)oc1C. The van der Waals surface area contributed by atoms with E-state index in [0.717, 1.165) is 11.5 Å². The van der Waals surface area contributed by atoms with Crippen molar-refractivity contribution in [2.45, 2.75) is 53.2 Å². The first-order valence-corrected chi connectivity index (χ1v) is 6.85. The summed E-state index contributed by atoms with van der Waals surface area (Å²) in [5.41, 5.74) is 0.807. The van der Waals surface area contributed by atoms with Crippen molar-refractivity contribution < 1.29 is 14.0 Å². The van der Waals surface area contributed by atoms with Crippen LogP contribution in [0, 0.1) is 19.8 Å². The van der Waals surface area contributed by atoms with Crippen LogP contribution < -0.4 is 5.32 Å². The molecule has 2 amide bonds. The molecule has 6 heteroatoms. The largest absolute Gasteiger partial charge is 0.444 e. The third-order valence-electron chi connectivity index (χ3n) is 3.74. The van der Waals surface area contributed by atoms with Crippen LogP contribution in [0.4, 0.5) is 0 Å². The molecular weight excluding hydrogens is 258 g/mol. The van der Waals surface area contributed by atoms with Gasteiger partial charge in [0.2, 0.25) is 17.7 Å². The van der Waals surface area contributed by atoms with E-state index in [2.05, 4.69) is 10.3 Å². The van der Waals surface area contributed by atoms with Gasteiger partial charge in [-0.05, 0) is 26.7 Å². The molecule has 2 atom stereocenters. The Morgan fingerprint density at radius 1 is 1.35 bits per heavy atom. The Balaban J connectivity index is 2.23. The van der Waals surface area contributed by atoms with Crippen molar-refractivity contribution >= 4 is 11.8 Å². The molecule has 6 nitrogen and oxygen atoms in total. The molecule has 1 fully saturated rings. The van der Waals surface area contributed by atoms with Gasteiger partial charge in [0, 0.05) is 0 Å². The van der Waals surface area contributed by atoms with E-state index in [4.69, 9.17) is 4.42 Å². The zero-order valence-electron chi connectivity index (χ0n) is 12.6. The number of amides is 2. The normalized spacial score (nSPS) is 23.4. The number of hydrogen-bond acceptors (Lipinski definition) is 4. The molecule has 1 aliphatic heterocycles. The molecule has 110 valence electrons. The van der Waals surface area contributed by atoms with Gasteiger partial charge in [-0.25, -0.2) is 4.98 Å². The number of nitrogens with zero attached hydrogens (tertiary/aromatic N) is 2. The van der Waals surface area contributed by atoms with Crippen LogP contribution in [0.15, 0.2) is 4.42 Å². The van der Waals surface area contributed by atoms with E-state index >= 15 is 0 Å². The molecule has 0 aromatic carbocycles. The van der Waals surface area contributed by atoms with Crippen LogP contribution in [0.5, 0.6) is 0 Å². The lowest BCUT2D eigenvalue weighted by molar-refractivity contribution is -0.150. The molecule has 2 rings (SSSR count). The number of carbonyl (C=O) groups excluding carboxylic acids is 2. The Bertz CT molecular complexity index is 516. The van der Waals surface area contributed by atoms with Gasteiger partial charge in [-0.2, -0.15) is 0 Å². The van der Waals surface area contributed by atoms with Gasteiger partial charge in [0.25, 0.3) is 0 Å². The molecule has 2 unspecified atom stereocenters. The second-order valence-electron chi connectivity index (χ2n) is 5.62. The first kappa shape index (κ1) is 14.6. The lowest BCUT2D eigenvalue weighted by atomic mass is 9.98. The van der Waals surface area contributed by atoms with Gasteiger partial charge in [-0.15, -0.1) is 0 Å². The first-order chi connectivity index (χ1) is 9.31. The highest BCUT2D eigenvalue weighted by Crippen LogP contribution is 2.19. The van der Waals surface area contributed by atoms with Crippen LogP contribution in [0.1, 0.15) is 38.1 Å². The quantitative estimate of drug-likeness (QED) is 0.901. The summed E-state index contributed by atoms with van der Waals surface area (Å²) in [6.07, 6.45) is 0. The average Bonchev–Trinajstić information content (AvgIpc) is 2.68. The third kappa shape index (κ3) is 2.55. The molecule has 1 aromatic heterocycles. The van der Waals surface area contributed by atoms with Crippen molar-refractivity contribution in [2.75, 3.05) is 0 Å². The topological polar surface area (TPSA) is 75.4 Å². The van der Waals surface area contributed by atoms with Crippen molar-refractivity contribution in [3.63, 3.8) is 0 Å². The van der Waals surface area contributed by atoms with Crippen molar-refractivity contribution in [2.24, 2.45) is 5.92 Å². The fourth-order valence-corrected chi connectivity index (χ4v) is 2.27. The molecule has 0 spiro atoms. The highest BCUT2D eigenvalue weighted by Gasteiger charge is 2.39. The number of aromatic nitrogens is 1. The standard InChI is InChI=1S/C14H21N3O3/c1-7(2)12-14(19)17(9(4)13(18)16-12)6-11-15-8(3)10(5)20-11/h7,9,12H,6H2,1-5H3,(H,16,18). The molecule has 1 aromatic rings. The summed E-state index contributed by atoms with van der Waals surface area (Å²) in [5, 5.41) is 2.77. The number of carbonyl (C=O) groups is 2. The lowest BCUT2D eigenvalue weighted by Gasteiger charge is -2.38. The van der Waals surface area contributed by atoms with Crippen molar-refractivity contribution in [3.05, 3.63) is 17.3 Å². The molecule has 0 saturated carbocycles. The van der Waals surface area contributed by atoms with Crippen molar-refractivity contribution in [1.29, 1.82) is 0 Å². The van der Waals surface area contributed by atoms with E-state index in [-0.39, 0.29) is 24.3 Å². The van der Waals surface area contributed by atoms with Gasteiger partial charge < -0.3 is 14.6 Å². The van der Waals surface area contributed by atoms with E-state index < -0.39 is 12.1 Å². The highest BCUT2D eigenvalue weighted by atomic mass is 16.4. The minimum atomic E-state index is -0.509. The first-order valence-electron chi connectivity index (χ1n) is 6.85. The summed E-state index contributed by atoms with van der Waals surface area (Å²) in [6, 6.07) is -0.985. The van der Waals surface area contributed by atoms with E-state index in [9.17, 15) is 9.59 Å². The van der Waals surface area contributed by atoms with Gasteiger partial charge >= 0.3 is 0 Å². The van der Waals surface area contributed by atoms with E-state index in [1.807, 2.05) is 27.7 Å². The second kappa shape index (κ2) is 5.26. The summed E-state index contributed by atoms with van der Waals surface area (Å²) in [5.74, 6) is 1.04. The Hall–Kier alpha value is -1.85. The maximum atomic E-state index is 12.5. The number of oxazole rings is 1. The molecule has 2 heterocycles. The summed E-state index contributed by atoms with van der Waals surface area (Å²) >= 11 is 0. The van der Waals surface area contributed by atoms with Gasteiger partial charge in [0.15, 0.2) is 0 Å². The maximum absolute atomic E-state index is 12.5. The van der Waals surface area contributed by atoms with Gasteiger partial charge in [-0.1, -0.05) is 13.8 Å². The van der Waals surface area contributed by atoms with Crippen LogP contribution in [-0.2, 0) is 16.1 Å². The van der Waals surface area contributed by atoms with Crippen LogP contribution in [0.25, 0.3) is 0 Å². The summed E-state index contributed by atoms with van der Waals surface area (Å²) in [4.78, 5) is 30.2. The fourth-order valence-electron chi connectivity index (χ4n) is 2.27. The number of aryl methyl sites for hydroxylation is 2. The zero-order valence-corrected chi connectivity index (χ0v) is 12.6. The summed E-state index contributed by atoms with van der Waals surface area (Å²) in [6.45, 7) is 9.45. The van der Waals surface area contributed by atoms with Crippen molar-refractivity contribution in [3.8, 4) is 0 Å². The molecule has 1 aliphatic rings. The van der Waals surface area contributed by atoms with Gasteiger partial charge in [-0.3, -0.25) is 9.59 Å². The Labute approximate surface area is 118 Å². The predicted molar refractivity (Wildman–Crippen MR) is 72.8 cm³/mol. The molecule has 20 heavy (non-hydrogen) atoms.